The predicted molar refractivity (Wildman–Crippen MR) is 227 cm³/mol. The van der Waals surface area contributed by atoms with Gasteiger partial charge in [-0.2, -0.15) is 32.2 Å². The average molecular weight is 960 g/mol. The number of hydrogen-bond donors (Lipinski definition) is 7. The van der Waals surface area contributed by atoms with E-state index in [4.69, 9.17) is 5.26 Å². The van der Waals surface area contributed by atoms with Crippen LogP contribution in [0, 0.1) is 0 Å². The Balaban J connectivity index is 1.26. The number of nitrogens with zero attached hydrogens (tertiary/aromatic N) is 7. The molecule has 27 heteroatoms. The highest BCUT2D eigenvalue weighted by molar-refractivity contribution is 7.94. The highest BCUT2D eigenvalue weighted by Gasteiger charge is 2.39. The Bertz CT molecular complexity index is 3380. The Labute approximate surface area is 372 Å². The van der Waals surface area contributed by atoms with Gasteiger partial charge in [-0.1, -0.05) is 23.2 Å². The maximum Gasteiger partial charge on any atom is 0.335 e. The summed E-state index contributed by atoms with van der Waals surface area (Å²) in [5.41, 5.74) is -1.98. The molecule has 0 bridgehead atoms. The molecule has 1 heterocycles. The summed E-state index contributed by atoms with van der Waals surface area (Å²) in [7, 11) is -9.48. The van der Waals surface area contributed by atoms with E-state index in [1.165, 1.54) is 54.6 Å². The van der Waals surface area contributed by atoms with Crippen LogP contribution in [0.4, 0.5) is 34.1 Å². The van der Waals surface area contributed by atoms with E-state index in [1.807, 2.05) is 0 Å². The van der Waals surface area contributed by atoms with Crippen LogP contribution >= 0.6 is 12.0 Å². The fourth-order valence-electron chi connectivity index (χ4n) is 6.31. The average Bonchev–Trinajstić information content (AvgIpc) is 3.61. The van der Waals surface area contributed by atoms with Gasteiger partial charge in [-0.3, -0.25) is 18.8 Å². The molecular weight excluding hydrogens is 935 g/mol. The third-order valence-corrected chi connectivity index (χ3v) is 11.7. The van der Waals surface area contributed by atoms with Gasteiger partial charge in [0.25, 0.3) is 26.1 Å². The third kappa shape index (κ3) is 9.76. The topological polar surface area (TPSA) is 374 Å². The second-order valence-corrected chi connectivity index (χ2v) is 17.0. The lowest BCUT2D eigenvalue weighted by molar-refractivity contribution is -0.432. The number of carboxylic acids is 3. The van der Waals surface area contributed by atoms with E-state index in [2.05, 4.69) is 40.1 Å². The Morgan fingerprint density at radius 2 is 1.30 bits per heavy atom. The van der Waals surface area contributed by atoms with Gasteiger partial charge in [0.2, 0.25) is 0 Å². The minimum absolute atomic E-state index is 0.0103. The molecule has 66 heavy (non-hydrogen) atoms. The number of rotatable bonds is 15. The Morgan fingerprint density at radius 1 is 0.652 bits per heavy atom. The van der Waals surface area contributed by atoms with Crippen LogP contribution in [0.3, 0.4) is 0 Å². The minimum Gasteiger partial charge on any atom is -0.505 e. The zero-order valence-corrected chi connectivity index (χ0v) is 34.9. The molecule has 336 valence electrons. The lowest BCUT2D eigenvalue weighted by atomic mass is 10.1. The fourth-order valence-corrected chi connectivity index (χ4v) is 7.83. The lowest BCUT2D eigenvalue weighted by Crippen LogP contribution is -2.29. The molecular formula is C39H25N7O17S3. The zero-order valence-electron chi connectivity index (χ0n) is 32.5. The number of benzene rings is 6. The summed E-state index contributed by atoms with van der Waals surface area (Å²) in [5.74, 6) is -5.94. The van der Waals surface area contributed by atoms with E-state index in [0.717, 1.165) is 53.6 Å². The Morgan fingerprint density at radius 3 is 1.94 bits per heavy atom. The largest absolute Gasteiger partial charge is 0.505 e. The molecule has 1 unspecified atom stereocenters. The molecule has 6 aromatic carbocycles. The predicted octanol–water partition coefficient (Wildman–Crippen LogP) is 8.32. The van der Waals surface area contributed by atoms with Crippen LogP contribution < -0.4 is 4.90 Å². The van der Waals surface area contributed by atoms with Gasteiger partial charge in [0, 0.05) is 28.0 Å². The normalized spacial score (nSPS) is 14.6. The van der Waals surface area contributed by atoms with Gasteiger partial charge in [-0.05, 0) is 84.2 Å². The molecule has 0 radical (unpaired) electrons. The number of amides is 1. The summed E-state index contributed by atoms with van der Waals surface area (Å²) < 4.78 is 71.6. The smallest absolute Gasteiger partial charge is 0.335 e. The van der Waals surface area contributed by atoms with Crippen molar-refractivity contribution in [1.29, 1.82) is 0 Å². The fraction of sp³-hybridized carbons (Fsp3) is 0.0256. The van der Waals surface area contributed by atoms with E-state index in [9.17, 15) is 65.5 Å². The van der Waals surface area contributed by atoms with E-state index in [0.29, 0.717) is 17.4 Å². The molecule has 0 fully saturated rings. The van der Waals surface area contributed by atoms with Crippen LogP contribution in [0.2, 0.25) is 0 Å². The summed E-state index contributed by atoms with van der Waals surface area (Å²) >= 11 is 0.376. The lowest BCUT2D eigenvalue weighted by Gasteiger charge is -2.15. The molecule has 0 saturated heterocycles. The molecule has 24 nitrogen and oxygen atoms in total. The summed E-state index contributed by atoms with van der Waals surface area (Å²) in [6.45, 7) is 0. The van der Waals surface area contributed by atoms with E-state index >= 15 is 0 Å². The van der Waals surface area contributed by atoms with Gasteiger partial charge < -0.3 is 20.4 Å². The molecule has 1 amide bonds. The van der Waals surface area contributed by atoms with Crippen molar-refractivity contribution in [3.8, 4) is 5.75 Å². The van der Waals surface area contributed by atoms with Crippen molar-refractivity contribution in [3.63, 3.8) is 0 Å². The summed E-state index contributed by atoms with van der Waals surface area (Å²) in [6, 6.07) is 17.3. The van der Waals surface area contributed by atoms with Crippen molar-refractivity contribution in [3.05, 3.63) is 120 Å². The summed E-state index contributed by atoms with van der Waals surface area (Å²) in [6.07, 6.45) is 0.921. The number of fused-ring (bicyclic) bond motifs is 2. The number of carboxylic acid groups (broad SMARTS) is 3. The number of aliphatic carboxylic acids is 1. The van der Waals surface area contributed by atoms with E-state index in [1.54, 1.807) is 0 Å². The van der Waals surface area contributed by atoms with Crippen molar-refractivity contribution < 1.29 is 80.2 Å². The van der Waals surface area contributed by atoms with Crippen molar-refractivity contribution in [2.75, 3.05) is 4.90 Å². The van der Waals surface area contributed by atoms with Gasteiger partial charge in [-0.25, -0.2) is 19.6 Å². The van der Waals surface area contributed by atoms with E-state index in [-0.39, 0.29) is 66.3 Å². The van der Waals surface area contributed by atoms with Crippen LogP contribution in [0.1, 0.15) is 20.7 Å². The number of phenolic OH excluding ortho intramolecular Hbond substituents is 1. The number of phenols is 1. The first kappa shape index (κ1) is 46.1. The van der Waals surface area contributed by atoms with Gasteiger partial charge in [0.1, 0.15) is 5.69 Å². The highest BCUT2D eigenvalue weighted by Crippen LogP contribution is 2.46. The molecule has 7 rings (SSSR count). The van der Waals surface area contributed by atoms with Gasteiger partial charge >= 0.3 is 17.9 Å². The van der Waals surface area contributed by atoms with Crippen molar-refractivity contribution in [1.82, 2.24) is 0 Å². The van der Waals surface area contributed by atoms with Crippen LogP contribution in [-0.4, -0.2) is 81.5 Å². The van der Waals surface area contributed by atoms with Gasteiger partial charge in [0.15, 0.2) is 11.8 Å². The molecule has 0 aromatic heterocycles. The standard InChI is InChI=1S/C39H25N7O17S3/c47-35-27-14-21(40-44-33-29(39(53)54)17-46(36(33)48)23-2-1-3-24(15-23)65(56,57)58)5-4-18(27)13-32(64-63-62-55)34(35)45-43-31-9-8-30(26-7-6-25(16-28(26)31)66(59,60)61)42-41-22-11-19(37(49)50)10-20(12-22)38(51)52/h1-17,33,47,55H,(H,49,50)(H,51,52)(H,53,54)(H,56,57,58)(H,59,60,61). The Kier molecular flexibility index (Phi) is 12.8. The number of azo groups is 3. The number of hydrogen-bond acceptors (Lipinski definition) is 19. The zero-order chi connectivity index (χ0) is 47.7. The first-order valence-corrected chi connectivity index (χ1v) is 21.6. The highest BCUT2D eigenvalue weighted by atomic mass is 32.2. The molecule has 0 aliphatic carbocycles. The van der Waals surface area contributed by atoms with Crippen LogP contribution in [-0.2, 0) is 39.2 Å². The number of carbonyl (C=O) groups is 4. The first-order valence-electron chi connectivity index (χ1n) is 17.9. The second kappa shape index (κ2) is 18.3. The van der Waals surface area contributed by atoms with Crippen molar-refractivity contribution in [2.45, 2.75) is 20.7 Å². The quantitative estimate of drug-likeness (QED) is 0.0167. The van der Waals surface area contributed by atoms with Crippen molar-refractivity contribution in [2.24, 2.45) is 30.7 Å². The van der Waals surface area contributed by atoms with Gasteiger partial charge in [-0.15, -0.1) is 19.7 Å². The minimum atomic E-state index is -4.80. The van der Waals surface area contributed by atoms with Crippen LogP contribution in [0.5, 0.6) is 5.75 Å². The molecule has 1 aliphatic rings. The van der Waals surface area contributed by atoms with Crippen LogP contribution in [0.15, 0.2) is 154 Å². The monoisotopic (exact) mass is 959 g/mol. The maximum atomic E-state index is 13.4. The molecule has 7 N–H and O–H groups in total. The Hall–Kier alpha value is -7.89. The molecule has 1 atom stereocenters. The number of carbonyl (C=O) groups excluding carboxylic acids is 1. The van der Waals surface area contributed by atoms with Gasteiger partial charge in [0.05, 0.1) is 66.2 Å². The maximum absolute atomic E-state index is 13.4. The summed E-state index contributed by atoms with van der Waals surface area (Å²) in [4.78, 5) is 48.4. The molecule has 6 aromatic rings. The molecule has 0 spiro atoms. The molecule has 1 aliphatic heterocycles. The second-order valence-electron chi connectivity index (χ2n) is 13.5. The number of aromatic carboxylic acids is 2. The number of aromatic hydroxyl groups is 1. The SMILES string of the molecule is O=C(O)C1=CN(c2cccc(S(=O)(=O)O)c2)C(=O)C1N=Nc1ccc2cc(SOOO)c(N=Nc3ccc(N=Nc4cc(C(=O)O)cc(C(=O)O)c4)c4ccc(S(=O)(=O)O)cc34)c(O)c2c1. The first-order chi connectivity index (χ1) is 31.2. The number of anilines is 1. The van der Waals surface area contributed by atoms with Crippen LogP contribution in [0.25, 0.3) is 21.5 Å². The summed E-state index contributed by atoms with van der Waals surface area (Å²) in [5, 5.41) is 77.8. The third-order valence-electron chi connectivity index (χ3n) is 9.34. The van der Waals surface area contributed by atoms with E-state index < -0.39 is 71.2 Å². The molecule has 0 saturated carbocycles. The van der Waals surface area contributed by atoms with Crippen molar-refractivity contribution >= 4 is 112 Å².